The zero-order valence-corrected chi connectivity index (χ0v) is 16.9. The average molecular weight is 411 g/mol. The Morgan fingerprint density at radius 1 is 1.15 bits per heavy atom. The Bertz CT molecular complexity index is 871. The maximum absolute atomic E-state index is 13.7. The number of nitrogens with one attached hydrogen (secondary N) is 2. The predicted octanol–water partition coefficient (Wildman–Crippen LogP) is 2.85. The molecule has 1 atom stereocenters. The molecule has 1 amide bonds. The van der Waals surface area contributed by atoms with Gasteiger partial charge in [-0.25, -0.2) is 12.8 Å². The molecule has 0 aliphatic rings. The van der Waals surface area contributed by atoms with E-state index in [4.69, 9.17) is 0 Å². The molecule has 0 aromatic heterocycles. The number of rotatable bonds is 9. The largest absolute Gasteiger partial charge is 0.351 e. The molecule has 2 rings (SSSR count). The van der Waals surface area contributed by atoms with Crippen LogP contribution in [0, 0.1) is 12.7 Å². The molecule has 0 saturated carbocycles. The maximum atomic E-state index is 13.7. The number of carbonyl (C=O) groups excluding carboxylic acids is 1. The van der Waals surface area contributed by atoms with Crippen LogP contribution in [0.3, 0.4) is 0 Å². The number of carbonyl (C=O) groups is 1. The quantitative estimate of drug-likeness (QED) is 0.667. The monoisotopic (exact) mass is 410 g/mol. The lowest BCUT2D eigenvalue weighted by molar-refractivity contribution is -0.122. The molecule has 1 unspecified atom stereocenters. The van der Waals surface area contributed by atoms with Crippen LogP contribution in [-0.2, 0) is 21.4 Å². The van der Waals surface area contributed by atoms with Gasteiger partial charge in [0.05, 0.1) is 4.90 Å². The topological polar surface area (TPSA) is 75.3 Å². The highest BCUT2D eigenvalue weighted by atomic mass is 32.2. The second-order valence-electron chi connectivity index (χ2n) is 6.08. The average Bonchev–Trinajstić information content (AvgIpc) is 2.64. The number of thioether (sulfide) groups is 1. The first kappa shape index (κ1) is 21.4. The van der Waals surface area contributed by atoms with Gasteiger partial charge in [0, 0.05) is 12.1 Å². The Kier molecular flexibility index (Phi) is 7.82. The molecule has 0 bridgehead atoms. The van der Waals surface area contributed by atoms with Crippen molar-refractivity contribution in [1.82, 2.24) is 10.0 Å². The minimum atomic E-state index is -3.84. The zero-order chi connectivity index (χ0) is 19.9. The van der Waals surface area contributed by atoms with Crippen LogP contribution in [0.2, 0.25) is 0 Å². The Labute approximate surface area is 163 Å². The van der Waals surface area contributed by atoms with Gasteiger partial charge in [-0.15, -0.1) is 0 Å². The second kappa shape index (κ2) is 9.87. The molecule has 5 nitrogen and oxygen atoms in total. The zero-order valence-electron chi connectivity index (χ0n) is 15.2. The number of aryl methyl sites for hydroxylation is 1. The summed E-state index contributed by atoms with van der Waals surface area (Å²) in [5.74, 6) is -0.296. The summed E-state index contributed by atoms with van der Waals surface area (Å²) in [6, 6.07) is 11.6. The lowest BCUT2D eigenvalue weighted by Crippen LogP contribution is -2.46. The number of benzene rings is 2. The van der Waals surface area contributed by atoms with Crippen LogP contribution in [0.15, 0.2) is 53.4 Å². The van der Waals surface area contributed by atoms with E-state index in [1.165, 1.54) is 30.0 Å². The summed E-state index contributed by atoms with van der Waals surface area (Å²) < 4.78 is 41.4. The van der Waals surface area contributed by atoms with Crippen molar-refractivity contribution in [2.75, 3.05) is 12.0 Å². The van der Waals surface area contributed by atoms with Crippen molar-refractivity contribution in [2.24, 2.45) is 0 Å². The fraction of sp³-hybridized carbons (Fsp3) is 0.316. The maximum Gasteiger partial charge on any atom is 0.241 e. The highest BCUT2D eigenvalue weighted by molar-refractivity contribution is 7.98. The van der Waals surface area contributed by atoms with E-state index < -0.39 is 27.8 Å². The number of hydrogen-bond donors (Lipinski definition) is 2. The van der Waals surface area contributed by atoms with Crippen molar-refractivity contribution >= 4 is 27.7 Å². The Morgan fingerprint density at radius 3 is 2.44 bits per heavy atom. The lowest BCUT2D eigenvalue weighted by Gasteiger charge is -2.18. The Hall–Kier alpha value is -1.90. The number of hydrogen-bond acceptors (Lipinski definition) is 4. The molecule has 0 aliphatic carbocycles. The molecule has 8 heteroatoms. The third-order valence-corrected chi connectivity index (χ3v) is 6.10. The van der Waals surface area contributed by atoms with Crippen LogP contribution in [-0.4, -0.2) is 32.4 Å². The van der Waals surface area contributed by atoms with E-state index in [-0.39, 0.29) is 11.4 Å². The minimum Gasteiger partial charge on any atom is -0.351 e. The predicted molar refractivity (Wildman–Crippen MR) is 107 cm³/mol. The molecule has 0 heterocycles. The van der Waals surface area contributed by atoms with Crippen LogP contribution < -0.4 is 10.0 Å². The van der Waals surface area contributed by atoms with Crippen molar-refractivity contribution < 1.29 is 17.6 Å². The third-order valence-electron chi connectivity index (χ3n) is 3.97. The molecule has 27 heavy (non-hydrogen) atoms. The molecule has 0 fully saturated rings. The number of halogens is 1. The summed E-state index contributed by atoms with van der Waals surface area (Å²) in [6.45, 7) is 1.86. The van der Waals surface area contributed by atoms with Gasteiger partial charge in [-0.05, 0) is 43.6 Å². The van der Waals surface area contributed by atoms with E-state index in [1.54, 1.807) is 30.3 Å². The summed E-state index contributed by atoms with van der Waals surface area (Å²) in [5.41, 5.74) is 1.28. The van der Waals surface area contributed by atoms with Crippen LogP contribution >= 0.6 is 11.8 Å². The first-order valence-corrected chi connectivity index (χ1v) is 11.3. The molecule has 2 N–H and O–H groups in total. The van der Waals surface area contributed by atoms with E-state index in [1.807, 2.05) is 13.2 Å². The van der Waals surface area contributed by atoms with Gasteiger partial charge in [0.1, 0.15) is 11.9 Å². The molecule has 0 spiro atoms. The fourth-order valence-electron chi connectivity index (χ4n) is 2.40. The molecule has 0 aliphatic heterocycles. The van der Waals surface area contributed by atoms with Gasteiger partial charge >= 0.3 is 0 Å². The standard InChI is InChI=1S/C19H23FN2O3S2/c1-14-7-9-16(10-8-14)27(24,25)22-18(11-12-26-2)19(23)21-13-15-5-3-4-6-17(15)20/h3-10,18,22H,11-13H2,1-2H3,(H,21,23). The van der Waals surface area contributed by atoms with E-state index in [9.17, 15) is 17.6 Å². The highest BCUT2D eigenvalue weighted by Gasteiger charge is 2.25. The van der Waals surface area contributed by atoms with E-state index in [0.29, 0.717) is 17.7 Å². The van der Waals surface area contributed by atoms with Crippen molar-refractivity contribution in [3.8, 4) is 0 Å². The Balaban J connectivity index is 2.10. The van der Waals surface area contributed by atoms with Crippen LogP contribution in [0.4, 0.5) is 4.39 Å². The second-order valence-corrected chi connectivity index (χ2v) is 8.78. The van der Waals surface area contributed by atoms with Crippen molar-refractivity contribution in [3.63, 3.8) is 0 Å². The van der Waals surface area contributed by atoms with Gasteiger partial charge in [-0.1, -0.05) is 35.9 Å². The summed E-state index contributed by atoms with van der Waals surface area (Å²) in [5, 5.41) is 2.62. The van der Waals surface area contributed by atoms with Crippen LogP contribution in [0.25, 0.3) is 0 Å². The molecule has 146 valence electrons. The lowest BCUT2D eigenvalue weighted by atomic mass is 10.2. The molecule has 2 aromatic carbocycles. The summed E-state index contributed by atoms with van der Waals surface area (Å²) >= 11 is 1.51. The number of sulfonamides is 1. The molecule has 0 saturated heterocycles. The van der Waals surface area contributed by atoms with Crippen molar-refractivity contribution in [2.45, 2.75) is 30.8 Å². The molecular formula is C19H23FN2O3S2. The summed E-state index contributed by atoms with van der Waals surface area (Å²) in [6.07, 6.45) is 2.21. The fourth-order valence-corrected chi connectivity index (χ4v) is 4.10. The van der Waals surface area contributed by atoms with Crippen LogP contribution in [0.5, 0.6) is 0 Å². The van der Waals surface area contributed by atoms with E-state index in [0.717, 1.165) is 5.56 Å². The highest BCUT2D eigenvalue weighted by Crippen LogP contribution is 2.13. The van der Waals surface area contributed by atoms with Gasteiger partial charge in [0.25, 0.3) is 0 Å². The Morgan fingerprint density at radius 2 is 1.81 bits per heavy atom. The number of amides is 1. The SMILES string of the molecule is CSCCC(NS(=O)(=O)c1ccc(C)cc1)C(=O)NCc1ccccc1F. The van der Waals surface area contributed by atoms with Crippen molar-refractivity contribution in [1.29, 1.82) is 0 Å². The van der Waals surface area contributed by atoms with Crippen LogP contribution in [0.1, 0.15) is 17.5 Å². The molecular weight excluding hydrogens is 387 g/mol. The van der Waals surface area contributed by atoms with Gasteiger partial charge in [0.15, 0.2) is 0 Å². The molecule has 2 aromatic rings. The third kappa shape index (κ3) is 6.34. The smallest absolute Gasteiger partial charge is 0.241 e. The van der Waals surface area contributed by atoms with E-state index >= 15 is 0 Å². The molecule has 0 radical (unpaired) electrons. The minimum absolute atomic E-state index is 0.00641. The normalized spacial score (nSPS) is 12.6. The van der Waals surface area contributed by atoms with Gasteiger partial charge in [-0.2, -0.15) is 16.5 Å². The van der Waals surface area contributed by atoms with Crippen molar-refractivity contribution in [3.05, 3.63) is 65.5 Å². The van der Waals surface area contributed by atoms with E-state index in [2.05, 4.69) is 10.0 Å². The first-order valence-electron chi connectivity index (χ1n) is 8.42. The van der Waals surface area contributed by atoms with Gasteiger partial charge < -0.3 is 5.32 Å². The van der Waals surface area contributed by atoms with Gasteiger partial charge in [0.2, 0.25) is 15.9 Å². The summed E-state index contributed by atoms with van der Waals surface area (Å²) in [7, 11) is -3.84. The van der Waals surface area contributed by atoms with Gasteiger partial charge in [-0.3, -0.25) is 4.79 Å². The first-order chi connectivity index (χ1) is 12.8. The summed E-state index contributed by atoms with van der Waals surface area (Å²) in [4.78, 5) is 12.6.